The van der Waals surface area contributed by atoms with Gasteiger partial charge in [-0.05, 0) is 68.4 Å². The summed E-state index contributed by atoms with van der Waals surface area (Å²) >= 11 is 0. The minimum atomic E-state index is -4.83. The number of hydrogen-bond acceptors (Lipinski definition) is 10. The predicted molar refractivity (Wildman–Crippen MR) is 200 cm³/mol. The van der Waals surface area contributed by atoms with Crippen LogP contribution in [0.15, 0.2) is 54.6 Å². The van der Waals surface area contributed by atoms with E-state index in [9.17, 15) is 43.2 Å². The maximum Gasteiger partial charge on any atom is 0.524 e. The number of nitrogens with one attached hydrogen (secondary N) is 4. The summed E-state index contributed by atoms with van der Waals surface area (Å²) in [6, 6.07) is 7.19. The summed E-state index contributed by atoms with van der Waals surface area (Å²) in [5.74, 6) is -5.64. The molecule has 0 bridgehead atoms. The normalized spacial score (nSPS) is 16.8. The van der Waals surface area contributed by atoms with E-state index in [-0.39, 0.29) is 55.9 Å². The zero-order valence-corrected chi connectivity index (χ0v) is 32.1. The summed E-state index contributed by atoms with van der Waals surface area (Å²) in [5, 5.41) is 20.2. The van der Waals surface area contributed by atoms with Crippen molar-refractivity contribution >= 4 is 49.2 Å². The van der Waals surface area contributed by atoms with Crippen LogP contribution in [-0.4, -0.2) is 104 Å². The van der Waals surface area contributed by atoms with E-state index in [2.05, 4.69) is 25.8 Å². The fourth-order valence-corrected chi connectivity index (χ4v) is 6.47. The van der Waals surface area contributed by atoms with Gasteiger partial charge in [-0.3, -0.25) is 43.3 Å². The molecule has 0 aliphatic carbocycles. The third kappa shape index (κ3) is 14.1. The SMILES string of the molecule is CC(C)C[C@H](NC(=O)[C@H](Cc1ccc(OP(=O)(O)O)cc1)NC(=O)c1ccccc1)C(=O)N1CCC[C@H]1C(=O)N[C@@H](CCC(N)=O)C(=O)N[C@H](C(N)=O)[C@@H](C)O. The number of likely N-dealkylation sites (tertiary alicyclic amines) is 1. The highest BCUT2D eigenvalue weighted by molar-refractivity contribution is 7.46. The van der Waals surface area contributed by atoms with E-state index in [1.807, 2.05) is 13.8 Å². The second-order valence-corrected chi connectivity index (χ2v) is 15.1. The summed E-state index contributed by atoms with van der Waals surface area (Å²) in [6.45, 7) is 5.00. The van der Waals surface area contributed by atoms with Gasteiger partial charge >= 0.3 is 7.82 Å². The van der Waals surface area contributed by atoms with E-state index >= 15 is 0 Å². The van der Waals surface area contributed by atoms with Crippen molar-refractivity contribution in [3.63, 3.8) is 0 Å². The number of nitrogens with zero attached hydrogens (tertiary/aromatic N) is 1. The molecule has 20 heteroatoms. The molecule has 3 rings (SSSR count). The molecule has 0 spiro atoms. The standard InChI is InChI=1S/C36H50N7O12P/c1-20(2)18-27(36(51)43-17-7-10-28(43)35(50)39-25(15-16-29(37)45)33(48)42-30(21(3)44)31(38)46)41-34(49)26(40-32(47)23-8-5-4-6-9-23)19-22-11-13-24(14-12-22)55-56(52,53)54/h4-6,8-9,11-14,20-21,25-28,30,44H,7,10,15-19H2,1-3H3,(H2,37,45)(H2,38,46)(H,39,50)(H,40,47)(H,41,49)(H,42,48)(H2,52,53,54)/t21-,25+,26+,27+,28+,30+/m1/s1. The van der Waals surface area contributed by atoms with Crippen molar-refractivity contribution in [2.75, 3.05) is 6.54 Å². The van der Waals surface area contributed by atoms with Gasteiger partial charge in [0.2, 0.25) is 35.4 Å². The summed E-state index contributed by atoms with van der Waals surface area (Å²) in [5.41, 5.74) is 11.3. The van der Waals surface area contributed by atoms with Gasteiger partial charge in [0, 0.05) is 24.9 Å². The van der Waals surface area contributed by atoms with Crippen LogP contribution in [0.2, 0.25) is 0 Å². The molecular weight excluding hydrogens is 753 g/mol. The number of benzene rings is 2. The summed E-state index contributed by atoms with van der Waals surface area (Å²) < 4.78 is 15.9. The lowest BCUT2D eigenvalue weighted by atomic mass is 10.00. The molecule has 6 atom stereocenters. The van der Waals surface area contributed by atoms with Gasteiger partial charge in [0.1, 0.15) is 36.0 Å². The van der Waals surface area contributed by atoms with Crippen LogP contribution >= 0.6 is 7.82 Å². The number of carbonyl (C=O) groups excluding carboxylic acids is 7. The molecule has 1 aliphatic heterocycles. The van der Waals surface area contributed by atoms with Crippen molar-refractivity contribution in [3.05, 3.63) is 65.7 Å². The number of carbonyl (C=O) groups is 7. The van der Waals surface area contributed by atoms with Gasteiger partial charge in [0.25, 0.3) is 5.91 Å². The minimum absolute atomic E-state index is 0.0989. The monoisotopic (exact) mass is 803 g/mol. The van der Waals surface area contributed by atoms with Gasteiger partial charge in [-0.15, -0.1) is 0 Å². The first-order valence-electron chi connectivity index (χ1n) is 17.9. The van der Waals surface area contributed by atoms with Gasteiger partial charge in [-0.2, -0.15) is 0 Å². The fourth-order valence-electron chi connectivity index (χ4n) is 6.07. The minimum Gasteiger partial charge on any atom is -0.404 e. The lowest BCUT2D eigenvalue weighted by Gasteiger charge is -2.31. The lowest BCUT2D eigenvalue weighted by molar-refractivity contribution is -0.142. The zero-order valence-electron chi connectivity index (χ0n) is 31.3. The molecule has 0 saturated carbocycles. The van der Waals surface area contributed by atoms with Crippen LogP contribution in [0, 0.1) is 5.92 Å². The Kier molecular flexibility index (Phi) is 16.5. The average molecular weight is 804 g/mol. The molecule has 1 saturated heterocycles. The Hall–Kier alpha value is -5.36. The van der Waals surface area contributed by atoms with Crippen LogP contribution in [0.1, 0.15) is 68.8 Å². The van der Waals surface area contributed by atoms with Gasteiger partial charge < -0.3 is 47.3 Å². The topological polar surface area (TPSA) is 310 Å². The van der Waals surface area contributed by atoms with Crippen molar-refractivity contribution in [2.45, 2.75) is 95.6 Å². The van der Waals surface area contributed by atoms with Crippen molar-refractivity contribution in [2.24, 2.45) is 17.4 Å². The number of amides is 7. The third-order valence-corrected chi connectivity index (χ3v) is 9.25. The van der Waals surface area contributed by atoms with E-state index in [0.717, 1.165) is 0 Å². The Bertz CT molecular complexity index is 1770. The van der Waals surface area contributed by atoms with E-state index in [1.165, 1.54) is 36.1 Å². The van der Waals surface area contributed by atoms with Crippen molar-refractivity contribution < 1.29 is 57.5 Å². The largest absolute Gasteiger partial charge is 0.524 e. The molecule has 2 aromatic carbocycles. The maximum atomic E-state index is 14.2. The van der Waals surface area contributed by atoms with Gasteiger partial charge in [-0.1, -0.05) is 44.2 Å². The molecule has 0 unspecified atom stereocenters. The lowest BCUT2D eigenvalue weighted by Crippen LogP contribution is -2.59. The molecule has 1 heterocycles. The fraction of sp³-hybridized carbons (Fsp3) is 0.472. The predicted octanol–water partition coefficient (Wildman–Crippen LogP) is -0.878. The summed E-state index contributed by atoms with van der Waals surface area (Å²) in [4.78, 5) is 111. The number of primary amides is 2. The number of hydrogen-bond donors (Lipinski definition) is 9. The molecule has 0 aromatic heterocycles. The molecule has 1 aliphatic rings. The van der Waals surface area contributed by atoms with E-state index < -0.39 is 85.5 Å². The number of phosphoric acid groups is 1. The molecule has 1 fully saturated rings. The smallest absolute Gasteiger partial charge is 0.404 e. The highest BCUT2D eigenvalue weighted by Crippen LogP contribution is 2.37. The zero-order chi connectivity index (χ0) is 41.7. The van der Waals surface area contributed by atoms with E-state index in [0.29, 0.717) is 12.0 Å². The Morgan fingerprint density at radius 1 is 0.857 bits per heavy atom. The molecule has 19 nitrogen and oxygen atoms in total. The van der Waals surface area contributed by atoms with Crippen molar-refractivity contribution in [1.29, 1.82) is 0 Å². The molecular formula is C36H50N7O12P. The summed E-state index contributed by atoms with van der Waals surface area (Å²) in [7, 11) is -4.83. The Labute approximate surface area is 323 Å². The van der Waals surface area contributed by atoms with Crippen LogP contribution in [0.3, 0.4) is 0 Å². The summed E-state index contributed by atoms with van der Waals surface area (Å²) in [6.07, 6.45) is -1.33. The van der Waals surface area contributed by atoms with E-state index in [4.69, 9.17) is 21.3 Å². The highest BCUT2D eigenvalue weighted by Gasteiger charge is 2.40. The van der Waals surface area contributed by atoms with Gasteiger partial charge in [0.05, 0.1) is 6.10 Å². The number of rotatable bonds is 20. The number of aliphatic hydroxyl groups is 1. The van der Waals surface area contributed by atoms with Crippen LogP contribution < -0.4 is 37.3 Å². The van der Waals surface area contributed by atoms with Crippen LogP contribution in [0.25, 0.3) is 0 Å². The first kappa shape index (κ1) is 45.0. The molecule has 11 N–H and O–H groups in total. The highest BCUT2D eigenvalue weighted by atomic mass is 31.2. The van der Waals surface area contributed by atoms with Crippen molar-refractivity contribution in [3.8, 4) is 5.75 Å². The Morgan fingerprint density at radius 3 is 2.04 bits per heavy atom. The third-order valence-electron chi connectivity index (χ3n) is 8.80. The quantitative estimate of drug-likeness (QED) is 0.0738. The first-order valence-corrected chi connectivity index (χ1v) is 19.5. The maximum absolute atomic E-state index is 14.2. The Balaban J connectivity index is 1.85. The average Bonchev–Trinajstić information content (AvgIpc) is 3.61. The van der Waals surface area contributed by atoms with Gasteiger partial charge in [0.15, 0.2) is 0 Å². The number of phosphoric ester groups is 1. The second-order valence-electron chi connectivity index (χ2n) is 13.9. The first-order chi connectivity index (χ1) is 26.2. The molecule has 7 amide bonds. The second kappa shape index (κ2) is 20.5. The molecule has 0 radical (unpaired) electrons. The van der Waals surface area contributed by atoms with Crippen LogP contribution in [-0.2, 0) is 39.8 Å². The van der Waals surface area contributed by atoms with Crippen LogP contribution in [0.5, 0.6) is 5.75 Å². The molecule has 56 heavy (non-hydrogen) atoms. The van der Waals surface area contributed by atoms with Crippen molar-refractivity contribution in [1.82, 2.24) is 26.2 Å². The number of nitrogens with two attached hydrogens (primary N) is 2. The van der Waals surface area contributed by atoms with Gasteiger partial charge in [-0.25, -0.2) is 4.57 Å². The molecule has 306 valence electrons. The molecule has 2 aromatic rings. The van der Waals surface area contributed by atoms with E-state index in [1.54, 1.807) is 30.3 Å². The van der Waals surface area contributed by atoms with Crippen LogP contribution in [0.4, 0.5) is 0 Å². The number of aliphatic hydroxyl groups excluding tert-OH is 1. The Morgan fingerprint density at radius 2 is 1.48 bits per heavy atom.